The number of nitro groups is 1. The fourth-order valence-corrected chi connectivity index (χ4v) is 1.22. The van der Waals surface area contributed by atoms with E-state index in [0.717, 1.165) is 17.5 Å². The van der Waals surface area contributed by atoms with Crippen LogP contribution in [-0.4, -0.2) is 35.2 Å². The van der Waals surface area contributed by atoms with Gasteiger partial charge in [-0.3, -0.25) is 14.9 Å². The van der Waals surface area contributed by atoms with Crippen LogP contribution in [0.15, 0.2) is 16.5 Å². The standard InChI is InChI=1S/C6H7N5O4S/c1-10(3-15-4-12)9-8-6-7-2-5(16-6)11(13)14/h2,4H,3H2,1H3. The summed E-state index contributed by atoms with van der Waals surface area (Å²) in [5.41, 5.74) is 0. The van der Waals surface area contributed by atoms with Crippen LogP contribution in [-0.2, 0) is 9.53 Å². The van der Waals surface area contributed by atoms with Gasteiger partial charge in [0.15, 0.2) is 6.73 Å². The normalized spacial score (nSPS) is 10.3. The van der Waals surface area contributed by atoms with Crippen LogP contribution < -0.4 is 0 Å². The van der Waals surface area contributed by atoms with E-state index in [2.05, 4.69) is 20.1 Å². The largest absolute Gasteiger partial charge is 0.445 e. The highest BCUT2D eigenvalue weighted by Crippen LogP contribution is 2.27. The molecule has 16 heavy (non-hydrogen) atoms. The summed E-state index contributed by atoms with van der Waals surface area (Å²) < 4.78 is 4.39. The molecule has 0 saturated carbocycles. The molecule has 86 valence electrons. The van der Waals surface area contributed by atoms with Gasteiger partial charge in [0.05, 0.1) is 4.92 Å². The highest BCUT2D eigenvalue weighted by atomic mass is 32.1. The number of ether oxygens (including phenoxy) is 1. The topological polar surface area (TPSA) is 110 Å². The molecule has 0 aromatic carbocycles. The fourth-order valence-electron chi connectivity index (χ4n) is 0.666. The Bertz CT molecular complexity index is 405. The summed E-state index contributed by atoms with van der Waals surface area (Å²) in [5.74, 6) is 0. The number of carbonyl (C=O) groups is 1. The Morgan fingerprint density at radius 3 is 3.12 bits per heavy atom. The van der Waals surface area contributed by atoms with E-state index in [1.807, 2.05) is 0 Å². The van der Waals surface area contributed by atoms with E-state index in [1.165, 1.54) is 12.1 Å². The van der Waals surface area contributed by atoms with Gasteiger partial charge in [-0.1, -0.05) is 5.22 Å². The average molecular weight is 245 g/mol. The molecular formula is C6H7N5O4S. The molecule has 0 saturated heterocycles. The van der Waals surface area contributed by atoms with Crippen LogP contribution in [0, 0.1) is 10.1 Å². The molecular weight excluding hydrogens is 238 g/mol. The second-order valence-corrected chi connectivity index (χ2v) is 3.46. The molecule has 0 amide bonds. The Morgan fingerprint density at radius 2 is 2.56 bits per heavy atom. The van der Waals surface area contributed by atoms with E-state index in [1.54, 1.807) is 0 Å². The van der Waals surface area contributed by atoms with Gasteiger partial charge >= 0.3 is 5.00 Å². The minimum absolute atomic E-state index is 0.0551. The summed E-state index contributed by atoms with van der Waals surface area (Å²) in [5, 5.41) is 18.8. The van der Waals surface area contributed by atoms with Gasteiger partial charge in [0.1, 0.15) is 6.20 Å². The quantitative estimate of drug-likeness (QED) is 0.244. The molecule has 0 fully saturated rings. The average Bonchev–Trinajstić information content (AvgIpc) is 2.72. The fraction of sp³-hybridized carbons (Fsp3) is 0.333. The van der Waals surface area contributed by atoms with Crippen LogP contribution in [0.3, 0.4) is 0 Å². The summed E-state index contributed by atoms with van der Waals surface area (Å²) in [6.07, 6.45) is 1.10. The molecule has 0 aliphatic heterocycles. The Morgan fingerprint density at radius 1 is 1.81 bits per heavy atom. The molecule has 9 nitrogen and oxygen atoms in total. The molecule has 0 radical (unpaired) electrons. The first-order valence-electron chi connectivity index (χ1n) is 3.91. The van der Waals surface area contributed by atoms with Crippen LogP contribution in [0.4, 0.5) is 10.1 Å². The van der Waals surface area contributed by atoms with Gasteiger partial charge in [0, 0.05) is 7.05 Å². The molecule has 0 spiro atoms. The van der Waals surface area contributed by atoms with E-state index in [9.17, 15) is 14.9 Å². The monoisotopic (exact) mass is 245 g/mol. The predicted octanol–water partition coefficient (Wildman–Crippen LogP) is 1.11. The van der Waals surface area contributed by atoms with Crippen molar-refractivity contribution in [2.45, 2.75) is 0 Å². The minimum Gasteiger partial charge on any atom is -0.445 e. The molecule has 1 aromatic rings. The van der Waals surface area contributed by atoms with E-state index in [4.69, 9.17) is 0 Å². The molecule has 10 heteroatoms. The zero-order valence-corrected chi connectivity index (χ0v) is 8.96. The number of hydrogen-bond acceptors (Lipinski definition) is 8. The van der Waals surface area contributed by atoms with E-state index >= 15 is 0 Å². The summed E-state index contributed by atoms with van der Waals surface area (Å²) in [6, 6.07) is 0. The van der Waals surface area contributed by atoms with Gasteiger partial charge in [0.25, 0.3) is 6.47 Å². The summed E-state index contributed by atoms with van der Waals surface area (Å²) in [6.45, 7) is 0.223. The third-order valence-corrected chi connectivity index (χ3v) is 2.11. The third-order valence-electron chi connectivity index (χ3n) is 1.27. The molecule has 1 rings (SSSR count). The zero-order valence-electron chi connectivity index (χ0n) is 8.14. The van der Waals surface area contributed by atoms with Crippen LogP contribution in [0.1, 0.15) is 0 Å². The lowest BCUT2D eigenvalue weighted by Crippen LogP contribution is -2.13. The molecule has 0 aliphatic rings. The molecule has 0 bridgehead atoms. The smallest absolute Gasteiger partial charge is 0.345 e. The summed E-state index contributed by atoms with van der Waals surface area (Å²) in [7, 11) is 1.52. The van der Waals surface area contributed by atoms with Crippen molar-refractivity contribution in [3.63, 3.8) is 0 Å². The van der Waals surface area contributed by atoms with E-state index in [0.29, 0.717) is 0 Å². The van der Waals surface area contributed by atoms with Gasteiger partial charge in [-0.2, -0.15) is 0 Å². The predicted molar refractivity (Wildman–Crippen MR) is 53.1 cm³/mol. The molecule has 0 atom stereocenters. The van der Waals surface area contributed by atoms with Crippen LogP contribution in [0.5, 0.6) is 0 Å². The van der Waals surface area contributed by atoms with Crippen molar-refractivity contribution in [1.82, 2.24) is 9.99 Å². The van der Waals surface area contributed by atoms with E-state index in [-0.39, 0.29) is 23.3 Å². The highest BCUT2D eigenvalue weighted by Gasteiger charge is 2.10. The first kappa shape index (κ1) is 12.0. The molecule has 0 aliphatic carbocycles. The number of aromatic nitrogens is 1. The maximum Gasteiger partial charge on any atom is 0.345 e. The van der Waals surface area contributed by atoms with Gasteiger partial charge in [-0.15, -0.1) is 5.11 Å². The summed E-state index contributed by atoms with van der Waals surface area (Å²) >= 11 is 0.799. The molecule has 1 aromatic heterocycles. The van der Waals surface area contributed by atoms with Crippen molar-refractivity contribution in [2.75, 3.05) is 13.8 Å². The van der Waals surface area contributed by atoms with Crippen LogP contribution in [0.25, 0.3) is 0 Å². The first-order valence-corrected chi connectivity index (χ1v) is 4.73. The number of nitrogens with zero attached hydrogens (tertiary/aromatic N) is 5. The summed E-state index contributed by atoms with van der Waals surface area (Å²) in [4.78, 5) is 23.3. The first-order chi connectivity index (χ1) is 7.63. The molecule has 0 unspecified atom stereocenters. The Kier molecular flexibility index (Phi) is 4.27. The SMILES string of the molecule is CN(COC=O)N=Nc1ncc([N+](=O)[O-])s1. The Hall–Kier alpha value is -2.10. The Balaban J connectivity index is 2.54. The second-order valence-electron chi connectivity index (χ2n) is 2.48. The van der Waals surface area contributed by atoms with Gasteiger partial charge < -0.3 is 4.74 Å². The molecule has 0 N–H and O–H groups in total. The number of hydrogen-bond donors (Lipinski definition) is 0. The van der Waals surface area contributed by atoms with Crippen molar-refractivity contribution in [3.8, 4) is 0 Å². The lowest BCUT2D eigenvalue weighted by atomic mass is 10.9. The lowest BCUT2D eigenvalue weighted by molar-refractivity contribution is -0.380. The van der Waals surface area contributed by atoms with Crippen LogP contribution >= 0.6 is 11.3 Å². The maximum atomic E-state index is 10.3. The Labute approximate surface area is 93.5 Å². The van der Waals surface area contributed by atoms with Crippen molar-refractivity contribution >= 4 is 27.9 Å². The van der Waals surface area contributed by atoms with Crippen molar-refractivity contribution < 1.29 is 14.5 Å². The lowest BCUT2D eigenvalue weighted by Gasteiger charge is -2.07. The zero-order chi connectivity index (χ0) is 12.0. The van der Waals surface area contributed by atoms with Gasteiger partial charge in [0.2, 0.25) is 5.13 Å². The number of thiazole rings is 1. The highest BCUT2D eigenvalue weighted by molar-refractivity contribution is 7.18. The van der Waals surface area contributed by atoms with Crippen LogP contribution in [0.2, 0.25) is 0 Å². The maximum absolute atomic E-state index is 10.3. The third kappa shape index (κ3) is 3.57. The number of carbonyl (C=O) groups excluding carboxylic acids is 1. The molecule has 1 heterocycles. The number of rotatable bonds is 6. The van der Waals surface area contributed by atoms with Gasteiger partial charge in [-0.25, -0.2) is 9.99 Å². The van der Waals surface area contributed by atoms with E-state index < -0.39 is 4.92 Å². The van der Waals surface area contributed by atoms with Gasteiger partial charge in [-0.05, 0) is 11.3 Å². The van der Waals surface area contributed by atoms with Crippen molar-refractivity contribution in [1.29, 1.82) is 0 Å². The minimum atomic E-state index is -0.560. The van der Waals surface area contributed by atoms with Crippen molar-refractivity contribution in [3.05, 3.63) is 16.3 Å². The van der Waals surface area contributed by atoms with Crippen molar-refractivity contribution in [2.24, 2.45) is 10.3 Å². The second kappa shape index (κ2) is 5.70.